The lowest BCUT2D eigenvalue weighted by Crippen LogP contribution is -2.17. The van der Waals surface area contributed by atoms with Crippen LogP contribution in [0.5, 0.6) is 0 Å². The minimum Gasteiger partial charge on any atom is -0.298 e. The van der Waals surface area contributed by atoms with Gasteiger partial charge in [-0.15, -0.1) is 0 Å². The fourth-order valence-electron chi connectivity index (χ4n) is 2.07. The van der Waals surface area contributed by atoms with Crippen LogP contribution in [-0.4, -0.2) is 11.9 Å². The molecule has 3 heteroatoms. The highest BCUT2D eigenvalue weighted by molar-refractivity contribution is 9.10. The molecule has 1 nitrogen and oxygen atoms in total. The van der Waals surface area contributed by atoms with Crippen molar-refractivity contribution in [3.63, 3.8) is 0 Å². The molecule has 0 bridgehead atoms. The number of hydrogen-bond donors (Lipinski definition) is 0. The molecule has 0 aliphatic heterocycles. The van der Waals surface area contributed by atoms with Gasteiger partial charge in [0.05, 0.1) is 0 Å². The minimum absolute atomic E-state index is 0.201. The molecule has 0 unspecified atom stereocenters. The van der Waals surface area contributed by atoms with Gasteiger partial charge in [0.2, 0.25) is 0 Å². The summed E-state index contributed by atoms with van der Waals surface area (Å²) in [6.07, 6.45) is 0. The summed E-state index contributed by atoms with van der Waals surface area (Å²) < 4.78 is 14.1. The second kappa shape index (κ2) is 6.31. The molecule has 2 aromatic carbocycles. The molecule has 0 aliphatic carbocycles. The Hall–Kier alpha value is -1.19. The van der Waals surface area contributed by atoms with Gasteiger partial charge < -0.3 is 0 Å². The van der Waals surface area contributed by atoms with Gasteiger partial charge in [0.1, 0.15) is 5.82 Å². The van der Waals surface area contributed by atoms with E-state index in [1.165, 1.54) is 17.2 Å². The van der Waals surface area contributed by atoms with Gasteiger partial charge in [0.15, 0.2) is 0 Å². The van der Waals surface area contributed by atoms with E-state index >= 15 is 0 Å². The Morgan fingerprint density at radius 1 is 1.00 bits per heavy atom. The van der Waals surface area contributed by atoms with Crippen molar-refractivity contribution in [3.8, 4) is 0 Å². The lowest BCUT2D eigenvalue weighted by molar-refractivity contribution is 0.318. The summed E-state index contributed by atoms with van der Waals surface area (Å²) >= 11 is 3.32. The van der Waals surface area contributed by atoms with Gasteiger partial charge in [0, 0.05) is 17.6 Å². The Bertz CT molecular complexity index is 531. The molecule has 0 atom stereocenters. The maximum absolute atomic E-state index is 13.3. The molecule has 0 N–H and O–H groups in total. The highest BCUT2D eigenvalue weighted by Gasteiger charge is 2.04. The molecule has 100 valence electrons. The fourth-order valence-corrected chi connectivity index (χ4v) is 2.59. The predicted molar refractivity (Wildman–Crippen MR) is 80.5 cm³/mol. The van der Waals surface area contributed by atoms with Crippen molar-refractivity contribution >= 4 is 15.9 Å². The summed E-state index contributed by atoms with van der Waals surface area (Å²) in [6.45, 7) is 3.66. The van der Waals surface area contributed by atoms with E-state index < -0.39 is 0 Å². The summed E-state index contributed by atoms with van der Waals surface area (Å²) in [4.78, 5) is 2.17. The lowest BCUT2D eigenvalue weighted by Gasteiger charge is -2.17. The molecule has 19 heavy (non-hydrogen) atoms. The van der Waals surface area contributed by atoms with Crippen molar-refractivity contribution in [2.45, 2.75) is 20.0 Å². The van der Waals surface area contributed by atoms with Gasteiger partial charge in [-0.1, -0.05) is 45.8 Å². The highest BCUT2D eigenvalue weighted by Crippen LogP contribution is 2.17. The van der Waals surface area contributed by atoms with Crippen molar-refractivity contribution in [1.29, 1.82) is 0 Å². The largest absolute Gasteiger partial charge is 0.298 e. The van der Waals surface area contributed by atoms with E-state index in [0.717, 1.165) is 23.1 Å². The van der Waals surface area contributed by atoms with E-state index in [0.29, 0.717) is 0 Å². The van der Waals surface area contributed by atoms with E-state index in [-0.39, 0.29) is 5.82 Å². The molecular weight excluding hydrogens is 305 g/mol. The summed E-state index contributed by atoms with van der Waals surface area (Å²) in [5.41, 5.74) is 3.51. The Kier molecular flexibility index (Phi) is 4.72. The SMILES string of the molecule is Cc1ccc(CN(C)Cc2cc(F)cc(Br)c2)cc1. The number of rotatable bonds is 4. The van der Waals surface area contributed by atoms with Crippen LogP contribution in [0.2, 0.25) is 0 Å². The standard InChI is InChI=1S/C16H17BrFN/c1-12-3-5-13(6-4-12)10-19(2)11-14-7-15(17)9-16(18)8-14/h3-9H,10-11H2,1-2H3. The molecule has 0 aliphatic rings. The van der Waals surface area contributed by atoms with E-state index in [1.807, 2.05) is 13.1 Å². The zero-order chi connectivity index (χ0) is 13.8. The second-order valence-corrected chi connectivity index (χ2v) is 5.85. The van der Waals surface area contributed by atoms with Gasteiger partial charge in [0.25, 0.3) is 0 Å². The Balaban J connectivity index is 2.00. The normalized spacial score (nSPS) is 11.0. The summed E-state index contributed by atoms with van der Waals surface area (Å²) in [5.74, 6) is -0.201. The Labute approximate surface area is 122 Å². The Morgan fingerprint density at radius 2 is 1.63 bits per heavy atom. The van der Waals surface area contributed by atoms with Crippen LogP contribution in [0.4, 0.5) is 4.39 Å². The highest BCUT2D eigenvalue weighted by atomic mass is 79.9. The quantitative estimate of drug-likeness (QED) is 0.799. The first kappa shape index (κ1) is 14.2. The van der Waals surface area contributed by atoms with Crippen LogP contribution in [-0.2, 0) is 13.1 Å². The van der Waals surface area contributed by atoms with Crippen LogP contribution in [0, 0.1) is 12.7 Å². The van der Waals surface area contributed by atoms with E-state index in [9.17, 15) is 4.39 Å². The van der Waals surface area contributed by atoms with Crippen molar-refractivity contribution < 1.29 is 4.39 Å². The van der Waals surface area contributed by atoms with Crippen LogP contribution in [0.25, 0.3) is 0 Å². The molecular formula is C16H17BrFN. The summed E-state index contributed by atoms with van der Waals surface area (Å²) in [5, 5.41) is 0. The van der Waals surface area contributed by atoms with Gasteiger partial charge in [-0.25, -0.2) is 4.39 Å². The maximum Gasteiger partial charge on any atom is 0.124 e. The third kappa shape index (κ3) is 4.44. The first-order chi connectivity index (χ1) is 9.02. The second-order valence-electron chi connectivity index (χ2n) is 4.94. The average molecular weight is 322 g/mol. The molecule has 0 amide bonds. The summed E-state index contributed by atoms with van der Waals surface area (Å²) in [7, 11) is 2.04. The molecule has 0 saturated carbocycles. The van der Waals surface area contributed by atoms with Crippen molar-refractivity contribution in [1.82, 2.24) is 4.90 Å². The summed E-state index contributed by atoms with van der Waals surface area (Å²) in [6, 6.07) is 13.5. The van der Waals surface area contributed by atoms with Crippen molar-refractivity contribution in [3.05, 3.63) is 69.4 Å². The molecule has 2 aromatic rings. The first-order valence-electron chi connectivity index (χ1n) is 6.22. The van der Waals surface area contributed by atoms with Gasteiger partial charge in [-0.05, 0) is 43.3 Å². The molecule has 0 fully saturated rings. The zero-order valence-corrected chi connectivity index (χ0v) is 12.7. The lowest BCUT2D eigenvalue weighted by atomic mass is 10.1. The topological polar surface area (TPSA) is 3.24 Å². The Morgan fingerprint density at radius 3 is 2.26 bits per heavy atom. The van der Waals surface area contributed by atoms with Crippen LogP contribution in [0.15, 0.2) is 46.9 Å². The third-order valence-electron chi connectivity index (χ3n) is 2.95. The van der Waals surface area contributed by atoms with Crippen LogP contribution >= 0.6 is 15.9 Å². The van der Waals surface area contributed by atoms with E-state index in [4.69, 9.17) is 0 Å². The third-order valence-corrected chi connectivity index (χ3v) is 3.41. The smallest absolute Gasteiger partial charge is 0.124 e. The number of halogens is 2. The molecule has 0 spiro atoms. The van der Waals surface area contributed by atoms with E-state index in [1.54, 1.807) is 6.07 Å². The molecule has 0 aromatic heterocycles. The van der Waals surface area contributed by atoms with Crippen LogP contribution in [0.3, 0.4) is 0 Å². The molecule has 0 radical (unpaired) electrons. The molecule has 2 rings (SSSR count). The van der Waals surface area contributed by atoms with Crippen LogP contribution < -0.4 is 0 Å². The van der Waals surface area contributed by atoms with Crippen molar-refractivity contribution in [2.75, 3.05) is 7.05 Å². The number of nitrogens with zero attached hydrogens (tertiary/aromatic N) is 1. The van der Waals surface area contributed by atoms with E-state index in [2.05, 4.69) is 52.0 Å². The first-order valence-corrected chi connectivity index (χ1v) is 7.01. The van der Waals surface area contributed by atoms with Gasteiger partial charge >= 0.3 is 0 Å². The average Bonchev–Trinajstić information content (AvgIpc) is 2.30. The van der Waals surface area contributed by atoms with Crippen molar-refractivity contribution in [2.24, 2.45) is 0 Å². The number of benzene rings is 2. The van der Waals surface area contributed by atoms with Crippen LogP contribution in [0.1, 0.15) is 16.7 Å². The predicted octanol–water partition coefficient (Wildman–Crippen LogP) is 4.53. The molecule has 0 saturated heterocycles. The minimum atomic E-state index is -0.201. The molecule has 0 heterocycles. The number of aryl methyl sites for hydroxylation is 1. The fraction of sp³-hybridized carbons (Fsp3) is 0.250. The van der Waals surface area contributed by atoms with Gasteiger partial charge in [-0.2, -0.15) is 0 Å². The monoisotopic (exact) mass is 321 g/mol. The maximum atomic E-state index is 13.3. The number of hydrogen-bond acceptors (Lipinski definition) is 1. The van der Waals surface area contributed by atoms with Gasteiger partial charge in [-0.3, -0.25) is 4.90 Å². The zero-order valence-electron chi connectivity index (χ0n) is 11.2.